The third-order valence-corrected chi connectivity index (χ3v) is 12.8. The standard InChI is InChI=1S/C6H10N3O7PS2/c10-17(18(11,12)13,19(14,15)16)5-4-9-6-7-2-1-3-8-6/h1-3H,4-5H2,(H,7,8,9)(H,11,12,13)(H,14,15,16). The molecule has 0 aliphatic heterocycles. The second-order valence-electron chi connectivity index (χ2n) is 3.23. The van der Waals surface area contributed by atoms with E-state index >= 15 is 0 Å². The molecule has 0 unspecified atom stereocenters. The van der Waals surface area contributed by atoms with Crippen LogP contribution in [-0.2, 0) is 24.0 Å². The molecule has 0 bridgehead atoms. The Kier molecular flexibility index (Phi) is 4.63. The zero-order chi connectivity index (χ0) is 14.7. The summed E-state index contributed by atoms with van der Waals surface area (Å²) in [6.45, 7) is -0.444. The second kappa shape index (κ2) is 5.51. The van der Waals surface area contributed by atoms with Crippen molar-refractivity contribution in [2.24, 2.45) is 0 Å². The minimum Gasteiger partial charge on any atom is -0.354 e. The van der Waals surface area contributed by atoms with Crippen LogP contribution in [0.3, 0.4) is 0 Å². The zero-order valence-corrected chi connectivity index (χ0v) is 11.8. The highest BCUT2D eigenvalue weighted by molar-refractivity contribution is 8.82. The lowest BCUT2D eigenvalue weighted by Crippen LogP contribution is -2.18. The second-order valence-corrected chi connectivity index (χ2v) is 13.7. The summed E-state index contributed by atoms with van der Waals surface area (Å²) in [5.74, 6) is 0.0414. The predicted molar refractivity (Wildman–Crippen MR) is 66.1 cm³/mol. The van der Waals surface area contributed by atoms with E-state index in [2.05, 4.69) is 15.3 Å². The summed E-state index contributed by atoms with van der Waals surface area (Å²) in [5, 5.41) is 2.40. The van der Waals surface area contributed by atoms with Gasteiger partial charge >= 0.3 is 25.0 Å². The number of nitrogens with one attached hydrogen (secondary N) is 1. The van der Waals surface area contributed by atoms with Gasteiger partial charge in [-0.05, 0) is 6.07 Å². The number of rotatable bonds is 6. The molecule has 1 aromatic heterocycles. The van der Waals surface area contributed by atoms with E-state index in [4.69, 9.17) is 9.11 Å². The highest BCUT2D eigenvalue weighted by atomic mass is 33.1. The van der Waals surface area contributed by atoms with Crippen LogP contribution in [0.2, 0.25) is 0 Å². The Morgan fingerprint density at radius 2 is 1.58 bits per heavy atom. The molecular formula is C6H10N3O7PS2. The van der Waals surface area contributed by atoms with Crippen molar-refractivity contribution in [2.75, 3.05) is 18.0 Å². The maximum atomic E-state index is 11.7. The number of aromatic nitrogens is 2. The largest absolute Gasteiger partial charge is 0.358 e. The molecule has 10 nitrogen and oxygen atoms in total. The lowest BCUT2D eigenvalue weighted by molar-refractivity contribution is 0.484. The van der Waals surface area contributed by atoms with Crippen LogP contribution in [0.1, 0.15) is 0 Å². The quantitative estimate of drug-likeness (QED) is 0.472. The highest BCUT2D eigenvalue weighted by Gasteiger charge is 2.48. The molecule has 1 heterocycles. The van der Waals surface area contributed by atoms with Crippen molar-refractivity contribution in [3.8, 4) is 0 Å². The van der Waals surface area contributed by atoms with Crippen molar-refractivity contribution in [3.63, 3.8) is 0 Å². The molecule has 108 valence electrons. The van der Waals surface area contributed by atoms with Crippen LogP contribution in [0.15, 0.2) is 18.5 Å². The SMILES string of the molecule is O=P(CCNc1ncccn1)(S(=O)(=O)O)S(=O)(=O)O. The van der Waals surface area contributed by atoms with E-state index in [1.807, 2.05) is 0 Å². The molecular weight excluding hydrogens is 321 g/mol. The van der Waals surface area contributed by atoms with Gasteiger partial charge in [0.15, 0.2) is 0 Å². The fourth-order valence-electron chi connectivity index (χ4n) is 1.04. The lowest BCUT2D eigenvalue weighted by Gasteiger charge is -2.11. The van der Waals surface area contributed by atoms with Crippen LogP contribution in [0, 0.1) is 0 Å². The molecule has 0 radical (unpaired) electrons. The average molecular weight is 331 g/mol. The fraction of sp³-hybridized carbons (Fsp3) is 0.333. The van der Waals surface area contributed by atoms with Gasteiger partial charge in [-0.15, -0.1) is 0 Å². The Balaban J connectivity index is 2.87. The number of anilines is 1. The van der Waals surface area contributed by atoms with Crippen LogP contribution in [0.25, 0.3) is 0 Å². The molecule has 0 atom stereocenters. The number of hydrogen-bond acceptors (Lipinski definition) is 8. The molecule has 13 heteroatoms. The fourth-order valence-corrected chi connectivity index (χ4v) is 6.92. The van der Waals surface area contributed by atoms with Gasteiger partial charge in [0.05, 0.1) is 6.16 Å². The van der Waals surface area contributed by atoms with Gasteiger partial charge in [-0.2, -0.15) is 16.8 Å². The van der Waals surface area contributed by atoms with Crippen LogP contribution < -0.4 is 5.32 Å². The molecule has 1 aromatic rings. The van der Waals surface area contributed by atoms with E-state index in [-0.39, 0.29) is 5.95 Å². The van der Waals surface area contributed by atoms with Gasteiger partial charge in [0, 0.05) is 18.9 Å². The average Bonchev–Trinajstić information content (AvgIpc) is 2.27. The summed E-state index contributed by atoms with van der Waals surface area (Å²) in [6, 6.07) is 1.51. The molecule has 0 aliphatic carbocycles. The lowest BCUT2D eigenvalue weighted by atomic mass is 10.6. The van der Waals surface area contributed by atoms with Gasteiger partial charge in [-0.25, -0.2) is 9.97 Å². The first kappa shape index (κ1) is 16.0. The van der Waals surface area contributed by atoms with Gasteiger partial charge in [0.1, 0.15) is 0 Å². The summed E-state index contributed by atoms with van der Waals surface area (Å²) < 4.78 is 72.4. The van der Waals surface area contributed by atoms with E-state index in [1.165, 1.54) is 18.5 Å². The van der Waals surface area contributed by atoms with E-state index in [0.29, 0.717) is 0 Å². The van der Waals surface area contributed by atoms with E-state index < -0.39 is 37.7 Å². The first-order valence-electron chi connectivity index (χ1n) is 4.63. The summed E-state index contributed by atoms with van der Waals surface area (Å²) in [7, 11) is -10.9. The van der Waals surface area contributed by atoms with Crippen molar-refractivity contribution >= 4 is 31.0 Å². The molecule has 1 rings (SSSR count). The third-order valence-electron chi connectivity index (χ3n) is 1.94. The highest BCUT2D eigenvalue weighted by Crippen LogP contribution is 2.56. The molecule has 0 saturated carbocycles. The molecule has 3 N–H and O–H groups in total. The predicted octanol–water partition coefficient (Wildman–Crippen LogP) is -0.143. The first-order chi connectivity index (χ1) is 8.58. The molecule has 0 aromatic carbocycles. The molecule has 0 aliphatic rings. The van der Waals surface area contributed by atoms with Crippen molar-refractivity contribution in [3.05, 3.63) is 18.5 Å². The maximum absolute atomic E-state index is 11.7. The normalized spacial score (nSPS) is 13.2. The van der Waals surface area contributed by atoms with Crippen LogP contribution in [0.5, 0.6) is 0 Å². The molecule has 0 fully saturated rings. The molecule has 0 saturated heterocycles. The van der Waals surface area contributed by atoms with Gasteiger partial charge in [-0.3, -0.25) is 13.7 Å². The Hall–Kier alpha value is -1.07. The van der Waals surface area contributed by atoms with Crippen LogP contribution in [0.4, 0.5) is 5.95 Å². The zero-order valence-electron chi connectivity index (χ0n) is 9.24. The third kappa shape index (κ3) is 3.70. The Morgan fingerprint density at radius 1 is 1.11 bits per heavy atom. The van der Waals surface area contributed by atoms with Gasteiger partial charge in [-0.1, -0.05) is 0 Å². The molecule has 19 heavy (non-hydrogen) atoms. The van der Waals surface area contributed by atoms with E-state index in [9.17, 15) is 21.4 Å². The summed E-state index contributed by atoms with van der Waals surface area (Å²) in [6.07, 6.45) is 1.70. The monoisotopic (exact) mass is 331 g/mol. The van der Waals surface area contributed by atoms with Gasteiger partial charge in [0.2, 0.25) is 5.95 Å². The van der Waals surface area contributed by atoms with Gasteiger partial charge < -0.3 is 5.32 Å². The smallest absolute Gasteiger partial charge is 0.354 e. The van der Waals surface area contributed by atoms with E-state index in [1.54, 1.807) is 0 Å². The molecule has 0 amide bonds. The summed E-state index contributed by atoms with van der Waals surface area (Å²) in [5.41, 5.74) is -5.29. The summed E-state index contributed by atoms with van der Waals surface area (Å²) in [4.78, 5) is 7.37. The Labute approximate surface area is 108 Å². The van der Waals surface area contributed by atoms with Gasteiger partial charge in [0.25, 0.3) is 0 Å². The van der Waals surface area contributed by atoms with Crippen molar-refractivity contribution in [1.82, 2.24) is 9.97 Å². The first-order valence-corrected chi connectivity index (χ1v) is 10.6. The number of nitrogens with zero attached hydrogens (tertiary/aromatic N) is 2. The Bertz CT molecular complexity index is 651. The van der Waals surface area contributed by atoms with Crippen LogP contribution in [-0.4, -0.2) is 48.6 Å². The topological polar surface area (TPSA) is 164 Å². The van der Waals surface area contributed by atoms with E-state index in [0.717, 1.165) is 0 Å². The van der Waals surface area contributed by atoms with Crippen molar-refractivity contribution in [2.45, 2.75) is 0 Å². The Morgan fingerprint density at radius 3 is 2.00 bits per heavy atom. The summed E-state index contributed by atoms with van der Waals surface area (Å²) >= 11 is 0. The van der Waals surface area contributed by atoms with Crippen LogP contribution >= 0.6 is 5.55 Å². The minimum atomic E-state index is -5.44. The van der Waals surface area contributed by atoms with Crippen molar-refractivity contribution in [1.29, 1.82) is 0 Å². The molecule has 0 spiro atoms. The minimum absolute atomic E-state index is 0.0414. The maximum Gasteiger partial charge on any atom is 0.358 e. The van der Waals surface area contributed by atoms with Crippen molar-refractivity contribution < 1.29 is 30.5 Å². The number of hydrogen-bond donors (Lipinski definition) is 3.